The fourth-order valence-electron chi connectivity index (χ4n) is 2.26. The Morgan fingerprint density at radius 3 is 2.89 bits per heavy atom. The van der Waals surface area contributed by atoms with E-state index in [0.717, 1.165) is 5.56 Å². The van der Waals surface area contributed by atoms with Crippen LogP contribution in [0.1, 0.15) is 10.6 Å². The topological polar surface area (TPSA) is 104 Å². The zero-order valence-corrected chi connectivity index (χ0v) is 15.6. The number of benzene rings is 2. The number of hydrogen-bond acceptors (Lipinski definition) is 7. The van der Waals surface area contributed by atoms with Crippen LogP contribution in [-0.4, -0.2) is 15.6 Å². The fraction of sp³-hybridized carbons (Fsp3) is 0.0556. The van der Waals surface area contributed by atoms with Crippen LogP contribution in [0.2, 0.25) is 5.02 Å². The lowest BCUT2D eigenvalue weighted by Crippen LogP contribution is -2.02. The van der Waals surface area contributed by atoms with Gasteiger partial charge in [0.15, 0.2) is 10.7 Å². The molecule has 0 saturated carbocycles. The van der Waals surface area contributed by atoms with Crippen molar-refractivity contribution >= 4 is 40.0 Å². The number of nitro benzene ring substituents is 1. The van der Waals surface area contributed by atoms with E-state index >= 15 is 0 Å². The molecule has 0 radical (unpaired) electrons. The van der Waals surface area contributed by atoms with Gasteiger partial charge in [0, 0.05) is 28.1 Å². The van der Waals surface area contributed by atoms with E-state index < -0.39 is 4.92 Å². The van der Waals surface area contributed by atoms with Crippen LogP contribution in [0.15, 0.2) is 52.9 Å². The average molecular weight is 398 g/mol. The molecular weight excluding hydrogens is 386 g/mol. The molecule has 0 aliphatic rings. The maximum atomic E-state index is 10.9. The van der Waals surface area contributed by atoms with E-state index in [1.54, 1.807) is 35.7 Å². The molecule has 0 bridgehead atoms. The van der Waals surface area contributed by atoms with E-state index in [-0.39, 0.29) is 11.4 Å². The first-order chi connectivity index (χ1) is 13.0. The lowest BCUT2D eigenvalue weighted by Gasteiger charge is -2.06. The predicted octanol–water partition coefficient (Wildman–Crippen LogP) is 5.02. The first kappa shape index (κ1) is 18.5. The van der Waals surface area contributed by atoms with Gasteiger partial charge in [-0.1, -0.05) is 29.8 Å². The highest BCUT2D eigenvalue weighted by atomic mass is 35.5. The van der Waals surface area contributed by atoms with E-state index in [2.05, 4.69) is 15.5 Å². The van der Waals surface area contributed by atoms with Crippen molar-refractivity contribution in [1.82, 2.24) is 4.98 Å². The summed E-state index contributed by atoms with van der Waals surface area (Å²) in [6.45, 7) is 1.84. The summed E-state index contributed by atoms with van der Waals surface area (Å²) < 4.78 is 0. The van der Waals surface area contributed by atoms with Crippen molar-refractivity contribution in [1.29, 1.82) is 5.26 Å². The van der Waals surface area contributed by atoms with Gasteiger partial charge in [-0.3, -0.25) is 15.5 Å². The van der Waals surface area contributed by atoms with Gasteiger partial charge >= 0.3 is 0 Å². The number of nitrogens with zero attached hydrogens (tertiary/aromatic N) is 4. The van der Waals surface area contributed by atoms with Crippen molar-refractivity contribution in [3.05, 3.63) is 73.6 Å². The Bertz CT molecular complexity index is 1090. The largest absolute Gasteiger partial charge is 0.277 e. The molecule has 0 aliphatic heterocycles. The number of thiazole rings is 1. The molecule has 0 saturated heterocycles. The molecule has 0 atom stereocenters. The van der Waals surface area contributed by atoms with Crippen LogP contribution >= 0.6 is 22.9 Å². The minimum atomic E-state index is -0.462. The standard InChI is InChI=1S/C18H12ClN5O2S/c1-11-14(19)6-3-7-15(11)22-23-16(9-20)18-21-17(10-27-18)12-4-2-5-13(8-12)24(25)26/h2-8,10,22H,1H3. The van der Waals surface area contributed by atoms with Gasteiger partial charge in [-0.05, 0) is 24.6 Å². The van der Waals surface area contributed by atoms with E-state index in [1.165, 1.54) is 23.5 Å². The molecule has 1 N–H and O–H groups in total. The van der Waals surface area contributed by atoms with Gasteiger partial charge in [0.25, 0.3) is 5.69 Å². The van der Waals surface area contributed by atoms with Gasteiger partial charge in [-0.15, -0.1) is 11.3 Å². The van der Waals surface area contributed by atoms with Crippen LogP contribution in [0.5, 0.6) is 0 Å². The molecule has 2 aromatic carbocycles. The summed E-state index contributed by atoms with van der Waals surface area (Å²) in [5.41, 5.74) is 5.57. The number of hydrazone groups is 1. The van der Waals surface area contributed by atoms with Crippen LogP contribution in [0.4, 0.5) is 11.4 Å². The Morgan fingerprint density at radius 1 is 1.37 bits per heavy atom. The maximum absolute atomic E-state index is 10.9. The summed E-state index contributed by atoms with van der Waals surface area (Å²) in [6, 6.07) is 13.5. The fourth-order valence-corrected chi connectivity index (χ4v) is 3.20. The molecular formula is C18H12ClN5O2S. The predicted molar refractivity (Wildman–Crippen MR) is 106 cm³/mol. The van der Waals surface area contributed by atoms with Gasteiger partial charge < -0.3 is 0 Å². The van der Waals surface area contributed by atoms with Crippen molar-refractivity contribution in [3.8, 4) is 17.3 Å². The Morgan fingerprint density at radius 2 is 2.15 bits per heavy atom. The number of rotatable bonds is 5. The summed E-state index contributed by atoms with van der Waals surface area (Å²) in [7, 11) is 0. The molecule has 3 aromatic rings. The Kier molecular flexibility index (Phi) is 5.45. The maximum Gasteiger partial charge on any atom is 0.270 e. The van der Waals surface area contributed by atoms with Crippen LogP contribution < -0.4 is 5.43 Å². The summed E-state index contributed by atoms with van der Waals surface area (Å²) in [6.07, 6.45) is 0. The molecule has 27 heavy (non-hydrogen) atoms. The monoisotopic (exact) mass is 397 g/mol. The SMILES string of the molecule is Cc1c(Cl)cccc1NN=C(C#N)c1nc(-c2cccc([N+](=O)[O-])c2)cs1. The molecule has 0 amide bonds. The lowest BCUT2D eigenvalue weighted by atomic mass is 10.1. The number of anilines is 1. The molecule has 134 valence electrons. The Hall–Kier alpha value is -3.28. The summed E-state index contributed by atoms with van der Waals surface area (Å²) in [5, 5.41) is 27.2. The molecule has 7 nitrogen and oxygen atoms in total. The van der Waals surface area contributed by atoms with Crippen LogP contribution in [0.3, 0.4) is 0 Å². The highest BCUT2D eigenvalue weighted by Crippen LogP contribution is 2.26. The second-order valence-electron chi connectivity index (χ2n) is 5.44. The molecule has 1 heterocycles. The van der Waals surface area contributed by atoms with E-state index in [4.69, 9.17) is 11.6 Å². The second-order valence-corrected chi connectivity index (χ2v) is 6.71. The smallest absolute Gasteiger partial charge is 0.270 e. The van der Waals surface area contributed by atoms with Crippen molar-refractivity contribution in [2.75, 3.05) is 5.43 Å². The Labute approximate surface area is 163 Å². The number of nitro groups is 1. The minimum absolute atomic E-state index is 0.0191. The van der Waals surface area contributed by atoms with Crippen LogP contribution in [0, 0.1) is 28.4 Å². The third-order valence-corrected chi connectivity index (χ3v) is 4.98. The summed E-state index contributed by atoms with van der Waals surface area (Å²) in [5.74, 6) is 0. The van der Waals surface area contributed by atoms with Crippen molar-refractivity contribution in [2.45, 2.75) is 6.92 Å². The van der Waals surface area contributed by atoms with Gasteiger partial charge in [0.05, 0.1) is 16.3 Å². The summed E-state index contributed by atoms with van der Waals surface area (Å²) in [4.78, 5) is 14.8. The van der Waals surface area contributed by atoms with E-state index in [1.807, 2.05) is 13.0 Å². The van der Waals surface area contributed by atoms with Gasteiger partial charge in [-0.2, -0.15) is 10.4 Å². The molecule has 0 unspecified atom stereocenters. The third-order valence-electron chi connectivity index (χ3n) is 3.72. The van der Waals surface area contributed by atoms with Crippen molar-refractivity contribution in [2.24, 2.45) is 5.10 Å². The number of non-ortho nitro benzene ring substituents is 1. The molecule has 0 fully saturated rings. The molecule has 9 heteroatoms. The minimum Gasteiger partial charge on any atom is -0.277 e. The highest BCUT2D eigenvalue weighted by molar-refractivity contribution is 7.12. The number of halogens is 1. The highest BCUT2D eigenvalue weighted by Gasteiger charge is 2.13. The first-order valence-corrected chi connectivity index (χ1v) is 8.95. The Balaban J connectivity index is 1.87. The quantitative estimate of drug-likeness (QED) is 0.369. The first-order valence-electron chi connectivity index (χ1n) is 7.69. The second kappa shape index (κ2) is 7.95. The van der Waals surface area contributed by atoms with Gasteiger partial charge in [-0.25, -0.2) is 4.98 Å². The van der Waals surface area contributed by atoms with E-state index in [0.29, 0.717) is 27.0 Å². The van der Waals surface area contributed by atoms with E-state index in [9.17, 15) is 15.4 Å². The molecule has 3 rings (SSSR count). The van der Waals surface area contributed by atoms with Crippen molar-refractivity contribution in [3.63, 3.8) is 0 Å². The van der Waals surface area contributed by atoms with Crippen molar-refractivity contribution < 1.29 is 4.92 Å². The number of aromatic nitrogens is 1. The zero-order chi connectivity index (χ0) is 19.4. The van der Waals surface area contributed by atoms with Crippen LogP contribution in [-0.2, 0) is 0 Å². The summed E-state index contributed by atoms with van der Waals surface area (Å²) >= 11 is 7.31. The number of hydrogen-bond donors (Lipinski definition) is 1. The van der Waals surface area contributed by atoms with Gasteiger partial charge in [0.2, 0.25) is 0 Å². The van der Waals surface area contributed by atoms with Gasteiger partial charge in [0.1, 0.15) is 6.07 Å². The molecule has 0 aliphatic carbocycles. The number of nitrogens with one attached hydrogen (secondary N) is 1. The third kappa shape index (κ3) is 4.11. The molecule has 0 spiro atoms. The lowest BCUT2D eigenvalue weighted by molar-refractivity contribution is -0.384. The normalized spacial score (nSPS) is 11.1. The number of nitriles is 1. The zero-order valence-electron chi connectivity index (χ0n) is 14.0. The molecule has 1 aromatic heterocycles. The average Bonchev–Trinajstić information content (AvgIpc) is 3.15. The van der Waals surface area contributed by atoms with Crippen LogP contribution in [0.25, 0.3) is 11.3 Å².